The third-order valence-corrected chi connectivity index (χ3v) is 3.73. The number of carboxylic acids is 1. The zero-order valence-electron chi connectivity index (χ0n) is 11.3. The molecule has 3 unspecified atom stereocenters. The van der Waals surface area contributed by atoms with E-state index >= 15 is 0 Å². The summed E-state index contributed by atoms with van der Waals surface area (Å²) in [6, 6.07) is 5.33. The summed E-state index contributed by atoms with van der Waals surface area (Å²) in [4.78, 5) is 23.2. The molecule has 0 aliphatic carbocycles. The van der Waals surface area contributed by atoms with E-state index < -0.39 is 17.8 Å². The fourth-order valence-corrected chi connectivity index (χ4v) is 2.28. The van der Waals surface area contributed by atoms with Gasteiger partial charge in [0.2, 0.25) is 0 Å². The van der Waals surface area contributed by atoms with Gasteiger partial charge in [-0.15, -0.1) is 0 Å². The van der Waals surface area contributed by atoms with E-state index in [0.717, 1.165) is 17.7 Å². The van der Waals surface area contributed by atoms with E-state index in [9.17, 15) is 9.59 Å². The third kappa shape index (κ3) is 2.62. The second-order valence-corrected chi connectivity index (χ2v) is 5.23. The molecule has 2 rings (SSSR count). The lowest BCUT2D eigenvalue weighted by Gasteiger charge is -2.15. The first kappa shape index (κ1) is 13.6. The van der Waals surface area contributed by atoms with Crippen molar-refractivity contribution < 1.29 is 19.4 Å². The van der Waals surface area contributed by atoms with Crippen LogP contribution < -0.4 is 4.74 Å². The third-order valence-electron chi connectivity index (χ3n) is 3.73. The topological polar surface area (TPSA) is 63.6 Å². The number of carbonyl (C=O) groups is 2. The number of benzene rings is 1. The SMILES string of the molecule is CC1Cc2cc(C(=O)C(C)C(C)C(=O)O)ccc2O1. The summed E-state index contributed by atoms with van der Waals surface area (Å²) < 4.78 is 5.58. The van der Waals surface area contributed by atoms with Crippen molar-refractivity contribution in [2.45, 2.75) is 33.3 Å². The Bertz CT molecular complexity index is 521. The van der Waals surface area contributed by atoms with Gasteiger partial charge in [-0.05, 0) is 30.7 Å². The number of ketones is 1. The summed E-state index contributed by atoms with van der Waals surface area (Å²) in [6.45, 7) is 5.20. The van der Waals surface area contributed by atoms with E-state index in [4.69, 9.17) is 9.84 Å². The zero-order chi connectivity index (χ0) is 14.2. The highest BCUT2D eigenvalue weighted by atomic mass is 16.5. The Morgan fingerprint density at radius 2 is 2.00 bits per heavy atom. The number of hydrogen-bond acceptors (Lipinski definition) is 3. The van der Waals surface area contributed by atoms with Crippen LogP contribution in [0, 0.1) is 11.8 Å². The summed E-state index contributed by atoms with van der Waals surface area (Å²) in [6.07, 6.45) is 0.926. The standard InChI is InChI=1S/C15H18O4/c1-8-6-12-7-11(4-5-13(12)19-8)14(16)9(2)10(3)15(17)18/h4-5,7-10H,6H2,1-3H3,(H,17,18). The van der Waals surface area contributed by atoms with Crippen LogP contribution in [-0.2, 0) is 11.2 Å². The average Bonchev–Trinajstić information content (AvgIpc) is 2.74. The number of carbonyl (C=O) groups excluding carboxylic acids is 1. The summed E-state index contributed by atoms with van der Waals surface area (Å²) in [5.41, 5.74) is 1.59. The molecular weight excluding hydrogens is 244 g/mol. The predicted octanol–water partition coefficient (Wildman–Crippen LogP) is 2.55. The number of fused-ring (bicyclic) bond motifs is 1. The van der Waals surface area contributed by atoms with Crippen molar-refractivity contribution >= 4 is 11.8 Å². The Morgan fingerprint density at radius 1 is 1.32 bits per heavy atom. The summed E-state index contributed by atoms with van der Waals surface area (Å²) in [5.74, 6) is -1.47. The van der Waals surface area contributed by atoms with Gasteiger partial charge in [-0.2, -0.15) is 0 Å². The number of rotatable bonds is 4. The van der Waals surface area contributed by atoms with Crippen LogP contribution in [0.3, 0.4) is 0 Å². The maximum Gasteiger partial charge on any atom is 0.306 e. The fraction of sp³-hybridized carbons (Fsp3) is 0.467. The summed E-state index contributed by atoms with van der Waals surface area (Å²) >= 11 is 0. The van der Waals surface area contributed by atoms with Crippen LogP contribution in [-0.4, -0.2) is 23.0 Å². The Kier molecular flexibility index (Phi) is 3.60. The highest BCUT2D eigenvalue weighted by molar-refractivity contribution is 5.99. The first-order valence-corrected chi connectivity index (χ1v) is 6.46. The van der Waals surface area contributed by atoms with Gasteiger partial charge in [0.15, 0.2) is 5.78 Å². The Morgan fingerprint density at radius 3 is 2.63 bits per heavy atom. The van der Waals surface area contributed by atoms with Crippen LogP contribution in [0.1, 0.15) is 36.7 Å². The van der Waals surface area contributed by atoms with Gasteiger partial charge in [0.05, 0.1) is 5.92 Å². The molecule has 0 fully saturated rings. The molecule has 0 saturated heterocycles. The van der Waals surface area contributed by atoms with E-state index in [1.165, 1.54) is 0 Å². The van der Waals surface area contributed by atoms with Crippen molar-refractivity contribution in [2.24, 2.45) is 11.8 Å². The first-order valence-electron chi connectivity index (χ1n) is 6.46. The lowest BCUT2D eigenvalue weighted by Crippen LogP contribution is -2.25. The molecule has 0 amide bonds. The predicted molar refractivity (Wildman–Crippen MR) is 70.5 cm³/mol. The van der Waals surface area contributed by atoms with Gasteiger partial charge >= 0.3 is 5.97 Å². The molecule has 1 aliphatic rings. The van der Waals surface area contributed by atoms with E-state index in [1.54, 1.807) is 26.0 Å². The quantitative estimate of drug-likeness (QED) is 0.847. The largest absolute Gasteiger partial charge is 0.490 e. The van der Waals surface area contributed by atoms with Gasteiger partial charge in [-0.3, -0.25) is 9.59 Å². The van der Waals surface area contributed by atoms with Gasteiger partial charge in [-0.1, -0.05) is 13.8 Å². The van der Waals surface area contributed by atoms with Crippen LogP contribution in [0.5, 0.6) is 5.75 Å². The molecule has 4 nitrogen and oxygen atoms in total. The Hall–Kier alpha value is -1.84. The number of carboxylic acid groups (broad SMARTS) is 1. The minimum absolute atomic E-state index is 0.128. The normalized spacial score (nSPS) is 20.3. The molecule has 0 aromatic heterocycles. The molecule has 102 valence electrons. The van der Waals surface area contributed by atoms with Crippen LogP contribution >= 0.6 is 0 Å². The van der Waals surface area contributed by atoms with Gasteiger partial charge in [0.1, 0.15) is 11.9 Å². The lowest BCUT2D eigenvalue weighted by atomic mass is 9.88. The number of ether oxygens (including phenoxy) is 1. The Labute approximate surface area is 112 Å². The van der Waals surface area contributed by atoms with Gasteiger partial charge in [0, 0.05) is 17.9 Å². The van der Waals surface area contributed by atoms with Crippen molar-refractivity contribution in [2.75, 3.05) is 0 Å². The molecule has 1 aromatic carbocycles. The molecule has 1 heterocycles. The van der Waals surface area contributed by atoms with Crippen LogP contribution in [0.4, 0.5) is 0 Å². The van der Waals surface area contributed by atoms with E-state index in [0.29, 0.717) is 5.56 Å². The van der Waals surface area contributed by atoms with Gasteiger partial charge in [-0.25, -0.2) is 0 Å². The monoisotopic (exact) mass is 262 g/mol. The maximum absolute atomic E-state index is 12.3. The van der Waals surface area contributed by atoms with Crippen LogP contribution in [0.25, 0.3) is 0 Å². The van der Waals surface area contributed by atoms with Gasteiger partial charge in [0.25, 0.3) is 0 Å². The van der Waals surface area contributed by atoms with Crippen molar-refractivity contribution in [3.8, 4) is 5.75 Å². The highest BCUT2D eigenvalue weighted by Crippen LogP contribution is 2.30. The smallest absolute Gasteiger partial charge is 0.306 e. The molecule has 0 bridgehead atoms. The number of Topliss-reactive ketones (excluding diaryl/α,β-unsaturated/α-hetero) is 1. The molecule has 1 aromatic rings. The second-order valence-electron chi connectivity index (χ2n) is 5.23. The molecule has 0 radical (unpaired) electrons. The minimum atomic E-state index is -0.945. The lowest BCUT2D eigenvalue weighted by molar-refractivity contribution is -0.142. The average molecular weight is 262 g/mol. The van der Waals surface area contributed by atoms with Crippen molar-refractivity contribution in [3.63, 3.8) is 0 Å². The van der Waals surface area contributed by atoms with E-state index in [2.05, 4.69) is 0 Å². The first-order chi connectivity index (χ1) is 8.90. The van der Waals surface area contributed by atoms with Crippen molar-refractivity contribution in [3.05, 3.63) is 29.3 Å². The fourth-order valence-electron chi connectivity index (χ4n) is 2.28. The molecule has 3 atom stereocenters. The van der Waals surface area contributed by atoms with E-state index in [1.807, 2.05) is 13.0 Å². The van der Waals surface area contributed by atoms with Crippen LogP contribution in [0.2, 0.25) is 0 Å². The van der Waals surface area contributed by atoms with Crippen LogP contribution in [0.15, 0.2) is 18.2 Å². The summed E-state index contributed by atoms with van der Waals surface area (Å²) in [5, 5.41) is 8.97. The maximum atomic E-state index is 12.3. The Balaban J connectivity index is 2.21. The molecule has 1 aliphatic heterocycles. The molecule has 4 heteroatoms. The molecular formula is C15H18O4. The zero-order valence-corrected chi connectivity index (χ0v) is 11.3. The molecule has 0 saturated carbocycles. The molecule has 1 N–H and O–H groups in total. The number of aliphatic carboxylic acids is 1. The number of hydrogen-bond donors (Lipinski definition) is 1. The van der Waals surface area contributed by atoms with Crippen molar-refractivity contribution in [1.29, 1.82) is 0 Å². The second kappa shape index (κ2) is 5.03. The molecule has 19 heavy (non-hydrogen) atoms. The van der Waals surface area contributed by atoms with Gasteiger partial charge < -0.3 is 9.84 Å². The summed E-state index contributed by atoms with van der Waals surface area (Å²) in [7, 11) is 0. The van der Waals surface area contributed by atoms with Crippen molar-refractivity contribution in [1.82, 2.24) is 0 Å². The highest BCUT2D eigenvalue weighted by Gasteiger charge is 2.28. The van der Waals surface area contributed by atoms with E-state index in [-0.39, 0.29) is 11.9 Å². The minimum Gasteiger partial charge on any atom is -0.490 e. The molecule has 0 spiro atoms.